The summed E-state index contributed by atoms with van der Waals surface area (Å²) in [5.41, 5.74) is -6.51. The Morgan fingerprint density at radius 3 is 1.70 bits per heavy atom. The number of alkyl halides is 6. The fraction of sp³-hybridized carbons (Fsp3) is 0.200. The van der Waals surface area contributed by atoms with Crippen LogP contribution in [-0.2, 0) is 5.60 Å². The van der Waals surface area contributed by atoms with Gasteiger partial charge in [-0.2, -0.15) is 26.3 Å². The highest BCUT2D eigenvalue weighted by molar-refractivity contribution is 5.66. The van der Waals surface area contributed by atoms with E-state index in [2.05, 4.69) is 0 Å². The largest absolute Gasteiger partial charge is 0.508 e. The van der Waals surface area contributed by atoms with E-state index in [-0.39, 0.29) is 5.56 Å². The molecule has 0 aliphatic carbocycles. The molecule has 2 aromatic carbocycles. The van der Waals surface area contributed by atoms with Crippen molar-refractivity contribution in [3.8, 4) is 16.9 Å². The van der Waals surface area contributed by atoms with E-state index in [1.54, 1.807) is 18.2 Å². The first kappa shape index (κ1) is 17.1. The molecular weight excluding hydrogens is 326 g/mol. The van der Waals surface area contributed by atoms with Gasteiger partial charge in [-0.15, -0.1) is 0 Å². The Balaban J connectivity index is 2.71. The van der Waals surface area contributed by atoms with Crippen molar-refractivity contribution in [1.82, 2.24) is 0 Å². The van der Waals surface area contributed by atoms with Crippen LogP contribution in [-0.4, -0.2) is 22.6 Å². The highest BCUT2D eigenvalue weighted by Crippen LogP contribution is 2.52. The van der Waals surface area contributed by atoms with Crippen LogP contribution in [0.3, 0.4) is 0 Å². The average molecular weight is 336 g/mol. The Hall–Kier alpha value is -2.22. The van der Waals surface area contributed by atoms with Gasteiger partial charge in [-0.25, -0.2) is 0 Å². The maximum Gasteiger partial charge on any atom is 0.430 e. The van der Waals surface area contributed by atoms with Gasteiger partial charge < -0.3 is 10.2 Å². The molecule has 0 spiro atoms. The summed E-state index contributed by atoms with van der Waals surface area (Å²) in [4.78, 5) is 0. The molecule has 0 radical (unpaired) electrons. The average Bonchev–Trinajstić information content (AvgIpc) is 2.45. The van der Waals surface area contributed by atoms with E-state index in [9.17, 15) is 36.6 Å². The Labute approximate surface area is 126 Å². The van der Waals surface area contributed by atoms with Crippen LogP contribution in [0.2, 0.25) is 0 Å². The standard InChI is InChI=1S/C15H10F6O2/c16-14(17,18)13(23,15(19,20)21)11-8-10(6-7-12(11)22)9-4-2-1-3-5-9/h1-8,22-23H. The van der Waals surface area contributed by atoms with Gasteiger partial charge in [0, 0.05) is 5.56 Å². The normalized spacial score (nSPS) is 13.2. The van der Waals surface area contributed by atoms with Crippen LogP contribution in [0.5, 0.6) is 5.75 Å². The van der Waals surface area contributed by atoms with E-state index in [0.29, 0.717) is 17.7 Å². The summed E-state index contributed by atoms with van der Waals surface area (Å²) in [7, 11) is 0. The molecule has 23 heavy (non-hydrogen) atoms. The molecule has 0 fully saturated rings. The van der Waals surface area contributed by atoms with E-state index in [4.69, 9.17) is 0 Å². The van der Waals surface area contributed by atoms with Gasteiger partial charge in [0.25, 0.3) is 5.60 Å². The van der Waals surface area contributed by atoms with Gasteiger partial charge >= 0.3 is 12.4 Å². The molecule has 2 rings (SSSR count). The zero-order valence-corrected chi connectivity index (χ0v) is 11.3. The van der Waals surface area contributed by atoms with Gasteiger partial charge in [-0.05, 0) is 23.3 Å². The number of benzene rings is 2. The Kier molecular flexibility index (Phi) is 4.06. The molecule has 0 aliphatic rings. The van der Waals surface area contributed by atoms with Crippen LogP contribution in [0.15, 0.2) is 48.5 Å². The van der Waals surface area contributed by atoms with Gasteiger partial charge in [-0.3, -0.25) is 0 Å². The van der Waals surface area contributed by atoms with Gasteiger partial charge in [0.15, 0.2) is 0 Å². The number of halogens is 6. The van der Waals surface area contributed by atoms with Crippen LogP contribution in [0.25, 0.3) is 11.1 Å². The van der Waals surface area contributed by atoms with Crippen molar-refractivity contribution in [2.75, 3.05) is 0 Å². The second-order valence-corrected chi connectivity index (χ2v) is 4.80. The lowest BCUT2D eigenvalue weighted by atomic mass is 9.89. The summed E-state index contributed by atoms with van der Waals surface area (Å²) >= 11 is 0. The van der Waals surface area contributed by atoms with Gasteiger partial charge in [0.05, 0.1) is 0 Å². The fourth-order valence-electron chi connectivity index (χ4n) is 2.10. The van der Waals surface area contributed by atoms with E-state index >= 15 is 0 Å². The van der Waals surface area contributed by atoms with Crippen molar-refractivity contribution in [3.05, 3.63) is 54.1 Å². The van der Waals surface area contributed by atoms with Gasteiger partial charge in [0.1, 0.15) is 5.75 Å². The zero-order chi connectivity index (χ0) is 17.5. The number of phenolic OH excluding ortho intramolecular Hbond substituents is 1. The molecule has 124 valence electrons. The molecule has 0 atom stereocenters. The van der Waals surface area contributed by atoms with Gasteiger partial charge in [-0.1, -0.05) is 36.4 Å². The first-order valence-electron chi connectivity index (χ1n) is 6.23. The monoisotopic (exact) mass is 336 g/mol. The van der Waals surface area contributed by atoms with Gasteiger partial charge in [0.2, 0.25) is 0 Å². The van der Waals surface area contributed by atoms with Crippen molar-refractivity contribution in [3.63, 3.8) is 0 Å². The molecule has 0 heterocycles. The minimum Gasteiger partial charge on any atom is -0.508 e. The van der Waals surface area contributed by atoms with Crippen molar-refractivity contribution in [1.29, 1.82) is 0 Å². The first-order valence-corrected chi connectivity index (χ1v) is 6.23. The molecule has 2 nitrogen and oxygen atoms in total. The third-order valence-electron chi connectivity index (χ3n) is 3.31. The topological polar surface area (TPSA) is 40.5 Å². The summed E-state index contributed by atoms with van der Waals surface area (Å²) in [6.45, 7) is 0. The van der Waals surface area contributed by atoms with Crippen LogP contribution in [0, 0.1) is 0 Å². The predicted octanol–water partition coefficient (Wildman–Crippen LogP) is 4.37. The number of hydrogen-bond donors (Lipinski definition) is 2. The molecular formula is C15H10F6O2. The smallest absolute Gasteiger partial charge is 0.430 e. The van der Waals surface area contributed by atoms with Crippen molar-refractivity contribution < 1.29 is 36.6 Å². The molecule has 0 amide bonds. The molecule has 0 saturated carbocycles. The van der Waals surface area contributed by atoms with E-state index < -0.39 is 29.3 Å². The number of aromatic hydroxyl groups is 1. The Morgan fingerprint density at radius 2 is 1.22 bits per heavy atom. The van der Waals surface area contributed by atoms with Crippen LogP contribution in [0.1, 0.15) is 5.56 Å². The number of phenols is 1. The summed E-state index contributed by atoms with van der Waals surface area (Å²) in [5, 5.41) is 18.9. The number of aliphatic hydroxyl groups is 1. The second-order valence-electron chi connectivity index (χ2n) is 4.80. The highest BCUT2D eigenvalue weighted by Gasteiger charge is 2.72. The van der Waals surface area contributed by atoms with Crippen LogP contribution in [0.4, 0.5) is 26.3 Å². The van der Waals surface area contributed by atoms with Crippen LogP contribution < -0.4 is 0 Å². The molecule has 8 heteroatoms. The maximum absolute atomic E-state index is 12.9. The minimum atomic E-state index is -6.06. The minimum absolute atomic E-state index is 0.00896. The molecule has 0 bridgehead atoms. The summed E-state index contributed by atoms with van der Waals surface area (Å²) < 4.78 is 77.5. The Bertz CT molecular complexity index is 677. The van der Waals surface area contributed by atoms with Crippen molar-refractivity contribution in [2.45, 2.75) is 18.0 Å². The molecule has 2 N–H and O–H groups in total. The third-order valence-corrected chi connectivity index (χ3v) is 3.31. The molecule has 0 aromatic heterocycles. The molecule has 0 unspecified atom stereocenters. The lowest BCUT2D eigenvalue weighted by molar-refractivity contribution is -0.376. The van der Waals surface area contributed by atoms with Crippen molar-refractivity contribution in [2.24, 2.45) is 0 Å². The molecule has 2 aromatic rings. The van der Waals surface area contributed by atoms with E-state index in [1.807, 2.05) is 0 Å². The fourth-order valence-corrected chi connectivity index (χ4v) is 2.10. The van der Waals surface area contributed by atoms with Crippen molar-refractivity contribution >= 4 is 0 Å². The number of rotatable bonds is 2. The summed E-state index contributed by atoms with van der Waals surface area (Å²) in [6.07, 6.45) is -12.1. The second kappa shape index (κ2) is 5.45. The summed E-state index contributed by atoms with van der Waals surface area (Å²) in [6, 6.07) is 9.95. The maximum atomic E-state index is 12.9. The summed E-state index contributed by atoms with van der Waals surface area (Å²) in [5.74, 6) is -1.30. The van der Waals surface area contributed by atoms with Crippen LogP contribution >= 0.6 is 0 Å². The van der Waals surface area contributed by atoms with E-state index in [0.717, 1.165) is 6.07 Å². The van der Waals surface area contributed by atoms with E-state index in [1.165, 1.54) is 12.1 Å². The highest BCUT2D eigenvalue weighted by atomic mass is 19.4. The lowest BCUT2D eigenvalue weighted by Gasteiger charge is -2.33. The first-order chi connectivity index (χ1) is 10.5. The zero-order valence-electron chi connectivity index (χ0n) is 11.3. The number of hydrogen-bond acceptors (Lipinski definition) is 2. The predicted molar refractivity (Wildman–Crippen MR) is 69.5 cm³/mol. The third kappa shape index (κ3) is 2.86. The quantitative estimate of drug-likeness (QED) is 0.800. The lowest BCUT2D eigenvalue weighted by Crippen LogP contribution is -2.53. The SMILES string of the molecule is Oc1ccc(-c2ccccc2)cc1C(O)(C(F)(F)F)C(F)(F)F. The molecule has 0 saturated heterocycles. The Morgan fingerprint density at radius 1 is 0.696 bits per heavy atom. The molecule has 0 aliphatic heterocycles.